The molecule has 2 atom stereocenters. The Morgan fingerprint density at radius 2 is 1.90 bits per heavy atom. The van der Waals surface area contributed by atoms with Crippen LogP contribution in [0.15, 0.2) is 60.9 Å². The fourth-order valence-corrected chi connectivity index (χ4v) is 4.77. The molecule has 0 radical (unpaired) electrons. The second-order valence-corrected chi connectivity index (χ2v) is 9.70. The van der Waals surface area contributed by atoms with Gasteiger partial charge >= 0.3 is 0 Å². The van der Waals surface area contributed by atoms with Gasteiger partial charge in [-0.15, -0.1) is 0 Å². The highest BCUT2D eigenvalue weighted by Crippen LogP contribution is 2.28. The predicted octanol–water partition coefficient (Wildman–Crippen LogP) is 2.19. The summed E-state index contributed by atoms with van der Waals surface area (Å²) >= 11 is 0. The molecule has 6 rings (SSSR count). The second-order valence-electron chi connectivity index (χ2n) is 9.70. The van der Waals surface area contributed by atoms with Crippen LogP contribution in [0.1, 0.15) is 22.8 Å². The SMILES string of the molecule is CCOCC(=O)N1C[C@@H]2NC(=O)c3cncc(c3)-c3cccc(c3)OCC(=O)NCc3ccc(cc3OC)O[C@H]2C1. The lowest BCUT2D eigenvalue weighted by Gasteiger charge is -2.22. The van der Waals surface area contributed by atoms with E-state index in [4.69, 9.17) is 18.9 Å². The van der Waals surface area contributed by atoms with Crippen molar-refractivity contribution in [3.63, 3.8) is 0 Å². The number of fused-ring (bicyclic) bond motifs is 7. The number of hydrogen-bond donors (Lipinski definition) is 2. The van der Waals surface area contributed by atoms with Gasteiger partial charge in [-0.2, -0.15) is 0 Å². The highest BCUT2D eigenvalue weighted by Gasteiger charge is 2.38. The lowest BCUT2D eigenvalue weighted by molar-refractivity contribution is -0.135. The summed E-state index contributed by atoms with van der Waals surface area (Å²) in [5.74, 6) is 0.710. The summed E-state index contributed by atoms with van der Waals surface area (Å²) in [5, 5.41) is 5.89. The van der Waals surface area contributed by atoms with Crippen LogP contribution in [0.4, 0.5) is 0 Å². The number of amides is 3. The van der Waals surface area contributed by atoms with Crippen LogP contribution in [-0.4, -0.2) is 79.8 Å². The Labute approximate surface area is 237 Å². The molecule has 3 aliphatic heterocycles. The van der Waals surface area contributed by atoms with E-state index in [1.807, 2.05) is 19.1 Å². The van der Waals surface area contributed by atoms with Gasteiger partial charge in [-0.05, 0) is 42.8 Å². The van der Waals surface area contributed by atoms with Gasteiger partial charge in [-0.1, -0.05) is 12.1 Å². The number of benzene rings is 2. The number of pyridine rings is 1. The van der Waals surface area contributed by atoms with Crippen molar-refractivity contribution in [2.75, 3.05) is 40.0 Å². The zero-order valence-corrected chi connectivity index (χ0v) is 22.9. The predicted molar refractivity (Wildman–Crippen MR) is 149 cm³/mol. The molecular weight excluding hydrogens is 528 g/mol. The maximum atomic E-state index is 13.4. The Bertz CT molecular complexity index is 1430. The normalized spacial score (nSPS) is 18.8. The van der Waals surface area contributed by atoms with E-state index in [1.54, 1.807) is 47.5 Å². The number of nitrogens with one attached hydrogen (secondary N) is 2. The van der Waals surface area contributed by atoms with Crippen molar-refractivity contribution in [2.24, 2.45) is 0 Å². The molecule has 11 heteroatoms. The topological polar surface area (TPSA) is 128 Å². The zero-order chi connectivity index (χ0) is 28.8. The summed E-state index contributed by atoms with van der Waals surface area (Å²) in [7, 11) is 1.54. The third-order valence-corrected chi connectivity index (χ3v) is 6.92. The molecule has 11 nitrogen and oxygen atoms in total. The van der Waals surface area contributed by atoms with Crippen LogP contribution in [0, 0.1) is 0 Å². The van der Waals surface area contributed by atoms with E-state index in [0.29, 0.717) is 35.0 Å². The summed E-state index contributed by atoms with van der Waals surface area (Å²) in [6.07, 6.45) is 2.61. The molecule has 2 aromatic carbocycles. The van der Waals surface area contributed by atoms with Crippen molar-refractivity contribution in [1.29, 1.82) is 0 Å². The third-order valence-electron chi connectivity index (χ3n) is 6.92. The van der Waals surface area contributed by atoms with Crippen LogP contribution in [-0.2, 0) is 20.9 Å². The number of ether oxygens (including phenoxy) is 4. The van der Waals surface area contributed by atoms with E-state index in [2.05, 4.69) is 15.6 Å². The van der Waals surface area contributed by atoms with Crippen molar-refractivity contribution in [2.45, 2.75) is 25.6 Å². The van der Waals surface area contributed by atoms with E-state index >= 15 is 0 Å². The van der Waals surface area contributed by atoms with Crippen molar-refractivity contribution in [3.05, 3.63) is 72.1 Å². The van der Waals surface area contributed by atoms with Gasteiger partial charge in [-0.25, -0.2) is 0 Å². The van der Waals surface area contributed by atoms with E-state index in [9.17, 15) is 14.4 Å². The van der Waals surface area contributed by atoms with Gasteiger partial charge in [0.25, 0.3) is 11.8 Å². The minimum atomic E-state index is -0.532. The number of nitrogens with zero attached hydrogens (tertiary/aromatic N) is 2. The maximum Gasteiger partial charge on any atom is 0.258 e. The van der Waals surface area contributed by atoms with Crippen LogP contribution in [0.25, 0.3) is 11.1 Å². The lowest BCUT2D eigenvalue weighted by atomic mass is 10.1. The van der Waals surface area contributed by atoms with Crippen molar-refractivity contribution < 1.29 is 33.3 Å². The fourth-order valence-electron chi connectivity index (χ4n) is 4.77. The van der Waals surface area contributed by atoms with Crippen LogP contribution in [0.5, 0.6) is 17.2 Å². The Balaban J connectivity index is 1.48. The van der Waals surface area contributed by atoms with Crippen molar-refractivity contribution in [3.8, 4) is 28.4 Å². The molecule has 1 fully saturated rings. The summed E-state index contributed by atoms with van der Waals surface area (Å²) in [6, 6.07) is 13.7. The highest BCUT2D eigenvalue weighted by molar-refractivity contribution is 5.95. The first-order valence-electron chi connectivity index (χ1n) is 13.4. The first kappa shape index (κ1) is 27.9. The van der Waals surface area contributed by atoms with Crippen LogP contribution in [0.2, 0.25) is 0 Å². The Hall–Kier alpha value is -4.64. The summed E-state index contributed by atoms with van der Waals surface area (Å²) < 4.78 is 22.9. The molecule has 0 unspecified atom stereocenters. The molecule has 1 saturated heterocycles. The van der Waals surface area contributed by atoms with Gasteiger partial charge in [-0.3, -0.25) is 19.4 Å². The molecular formula is C30H32N4O7. The largest absolute Gasteiger partial charge is 0.496 e. The molecule has 6 bridgehead atoms. The Morgan fingerprint density at radius 3 is 2.73 bits per heavy atom. The number of carbonyl (C=O) groups is 3. The standard InChI is InChI=1S/C30H32N4O7/c1-3-39-18-29(36)34-15-25-27(16-34)41-24-8-7-20(26(11-24)38-2)14-32-28(35)17-40-23-6-4-5-19(10-23)21-9-22(13-31-12-21)30(37)33-25/h4-13,25,27H,3,14-18H2,1-2H3,(H,32,35)(H,33,37)/t25-,27-/m0/s1. The molecule has 3 amide bonds. The van der Waals surface area contributed by atoms with E-state index in [-0.39, 0.29) is 50.6 Å². The molecule has 0 saturated carbocycles. The average Bonchev–Trinajstić information content (AvgIpc) is 3.39. The van der Waals surface area contributed by atoms with E-state index in [0.717, 1.165) is 11.1 Å². The number of carbonyl (C=O) groups excluding carboxylic acids is 3. The van der Waals surface area contributed by atoms with Crippen LogP contribution < -0.4 is 24.8 Å². The van der Waals surface area contributed by atoms with E-state index in [1.165, 1.54) is 13.3 Å². The summed E-state index contributed by atoms with van der Waals surface area (Å²) in [6.45, 7) is 2.78. The smallest absolute Gasteiger partial charge is 0.258 e. The zero-order valence-electron chi connectivity index (χ0n) is 22.9. The molecule has 0 spiro atoms. The Morgan fingerprint density at radius 1 is 1.05 bits per heavy atom. The van der Waals surface area contributed by atoms with Crippen LogP contribution in [0.3, 0.4) is 0 Å². The number of methoxy groups -OCH3 is 1. The number of likely N-dealkylation sites (tertiary alicyclic amines) is 1. The average molecular weight is 561 g/mol. The van der Waals surface area contributed by atoms with Crippen LogP contribution >= 0.6 is 0 Å². The second kappa shape index (κ2) is 12.7. The van der Waals surface area contributed by atoms with Gasteiger partial charge in [0.15, 0.2) is 6.61 Å². The number of aromatic nitrogens is 1. The summed E-state index contributed by atoms with van der Waals surface area (Å²) in [5.41, 5.74) is 2.59. The quantitative estimate of drug-likeness (QED) is 0.497. The molecule has 4 heterocycles. The van der Waals surface area contributed by atoms with Crippen molar-refractivity contribution >= 4 is 17.7 Å². The Kier molecular flexibility index (Phi) is 8.64. The van der Waals surface area contributed by atoms with Crippen molar-refractivity contribution in [1.82, 2.24) is 20.5 Å². The van der Waals surface area contributed by atoms with Gasteiger partial charge < -0.3 is 34.5 Å². The molecule has 214 valence electrons. The van der Waals surface area contributed by atoms with E-state index < -0.39 is 12.1 Å². The molecule has 41 heavy (non-hydrogen) atoms. The summed E-state index contributed by atoms with van der Waals surface area (Å²) in [4.78, 5) is 44.6. The van der Waals surface area contributed by atoms with Gasteiger partial charge in [0.05, 0.1) is 25.3 Å². The molecule has 0 aliphatic carbocycles. The number of hydrogen-bond acceptors (Lipinski definition) is 8. The van der Waals surface area contributed by atoms with Gasteiger partial charge in [0.1, 0.15) is 30.0 Å². The molecule has 3 aromatic rings. The highest BCUT2D eigenvalue weighted by atomic mass is 16.5. The van der Waals surface area contributed by atoms with Gasteiger partial charge in [0.2, 0.25) is 5.91 Å². The maximum absolute atomic E-state index is 13.4. The van der Waals surface area contributed by atoms with Gasteiger partial charge in [0, 0.05) is 49.3 Å². The monoisotopic (exact) mass is 560 g/mol. The first-order valence-corrected chi connectivity index (χ1v) is 13.4. The first-order chi connectivity index (χ1) is 19.9. The molecule has 3 aliphatic rings. The lowest BCUT2D eigenvalue weighted by Crippen LogP contribution is -2.45. The minimum absolute atomic E-state index is 0.0487. The molecule has 2 N–H and O–H groups in total. The third kappa shape index (κ3) is 6.75. The molecule has 1 aromatic heterocycles. The fraction of sp³-hybridized carbons (Fsp3) is 0.333. The number of rotatable bonds is 4. The minimum Gasteiger partial charge on any atom is -0.496 e.